The molecule has 0 saturated carbocycles. The third-order valence-electron chi connectivity index (χ3n) is 7.18. The summed E-state index contributed by atoms with van der Waals surface area (Å²) in [7, 11) is 4.21. The molecule has 1 saturated heterocycles. The summed E-state index contributed by atoms with van der Waals surface area (Å²) < 4.78 is 0. The number of fused-ring (bicyclic) bond motifs is 1. The van der Waals surface area contributed by atoms with Gasteiger partial charge in [0.05, 0.1) is 23.4 Å². The monoisotopic (exact) mass is 528 g/mol. The Kier molecular flexibility index (Phi) is 7.72. The summed E-state index contributed by atoms with van der Waals surface area (Å²) >= 11 is 1.58. The van der Waals surface area contributed by atoms with Gasteiger partial charge in [0.15, 0.2) is 5.13 Å². The number of hydrogen-bond acceptors (Lipinski definition) is 6. The van der Waals surface area contributed by atoms with Crippen LogP contribution in [0.3, 0.4) is 0 Å². The molecule has 0 unspecified atom stereocenters. The molecule has 2 heterocycles. The van der Waals surface area contributed by atoms with Gasteiger partial charge in [-0.25, -0.2) is 9.78 Å². The Morgan fingerprint density at radius 2 is 2.00 bits per heavy atom. The zero-order chi connectivity index (χ0) is 26.6. The minimum Gasteiger partial charge on any atom is -0.317 e. The fourth-order valence-corrected chi connectivity index (χ4v) is 6.56. The number of carbonyl (C=O) groups excluding carboxylic acids is 2. The molecule has 9 heteroatoms. The van der Waals surface area contributed by atoms with Crippen molar-refractivity contribution in [2.24, 2.45) is 5.92 Å². The molecule has 0 bridgehead atoms. The van der Waals surface area contributed by atoms with Crippen molar-refractivity contribution in [3.05, 3.63) is 75.8 Å². The van der Waals surface area contributed by atoms with Crippen LogP contribution in [0.5, 0.6) is 0 Å². The molecule has 3 aromatic rings. The van der Waals surface area contributed by atoms with Gasteiger partial charge in [0.1, 0.15) is 0 Å². The highest BCUT2D eigenvalue weighted by atomic mass is 32.1. The van der Waals surface area contributed by atoms with E-state index in [1.807, 2.05) is 18.2 Å². The van der Waals surface area contributed by atoms with Gasteiger partial charge in [0.25, 0.3) is 5.91 Å². The molecule has 2 N–H and O–H groups in total. The summed E-state index contributed by atoms with van der Waals surface area (Å²) in [6.07, 6.45) is 4.79. The first-order chi connectivity index (χ1) is 18.4. The van der Waals surface area contributed by atoms with Gasteiger partial charge in [-0.05, 0) is 88.0 Å². The van der Waals surface area contributed by atoms with E-state index in [-0.39, 0.29) is 18.0 Å². The molecular formula is C29H32N6O2S. The first-order valence-corrected chi connectivity index (χ1v) is 13.8. The van der Waals surface area contributed by atoms with Crippen molar-refractivity contribution in [3.63, 3.8) is 0 Å². The molecule has 38 heavy (non-hydrogen) atoms. The van der Waals surface area contributed by atoms with E-state index in [0.717, 1.165) is 49.9 Å². The number of benzene rings is 2. The van der Waals surface area contributed by atoms with Gasteiger partial charge in [0, 0.05) is 29.2 Å². The largest absolute Gasteiger partial charge is 0.322 e. The molecule has 0 radical (unpaired) electrons. The van der Waals surface area contributed by atoms with E-state index in [1.54, 1.807) is 46.6 Å². The average molecular weight is 529 g/mol. The lowest BCUT2D eigenvalue weighted by molar-refractivity contribution is 0.102. The average Bonchev–Trinajstić information content (AvgIpc) is 3.55. The normalized spacial score (nSPS) is 18.6. The maximum absolute atomic E-state index is 13.2. The molecule has 2 aliphatic rings. The fourth-order valence-electron chi connectivity index (χ4n) is 5.44. The molecule has 196 valence electrons. The molecule has 0 spiro atoms. The number of nitriles is 1. The van der Waals surface area contributed by atoms with Crippen LogP contribution in [0.15, 0.2) is 48.5 Å². The van der Waals surface area contributed by atoms with Gasteiger partial charge >= 0.3 is 6.03 Å². The van der Waals surface area contributed by atoms with Gasteiger partial charge in [-0.2, -0.15) is 5.26 Å². The smallest absolute Gasteiger partial charge is 0.317 e. The lowest BCUT2D eigenvalue weighted by Crippen LogP contribution is -2.34. The van der Waals surface area contributed by atoms with Crippen LogP contribution < -0.4 is 10.6 Å². The molecule has 5 rings (SSSR count). The van der Waals surface area contributed by atoms with Gasteiger partial charge in [-0.1, -0.05) is 18.2 Å². The van der Waals surface area contributed by atoms with E-state index in [9.17, 15) is 9.59 Å². The van der Waals surface area contributed by atoms with Crippen molar-refractivity contribution in [2.45, 2.75) is 38.1 Å². The minimum atomic E-state index is -0.210. The second kappa shape index (κ2) is 11.3. The van der Waals surface area contributed by atoms with E-state index < -0.39 is 0 Å². The Hall–Kier alpha value is -3.74. The van der Waals surface area contributed by atoms with Crippen LogP contribution in [0.25, 0.3) is 0 Å². The number of nitrogens with one attached hydrogen (secondary N) is 2. The van der Waals surface area contributed by atoms with Crippen LogP contribution in [0.1, 0.15) is 57.4 Å². The Morgan fingerprint density at radius 1 is 1.16 bits per heavy atom. The minimum absolute atomic E-state index is 0.122. The third kappa shape index (κ3) is 5.87. The van der Waals surface area contributed by atoms with Gasteiger partial charge in [-0.15, -0.1) is 11.3 Å². The molecule has 1 aliphatic carbocycles. The number of rotatable bonds is 6. The summed E-state index contributed by atoms with van der Waals surface area (Å²) in [5, 5.41) is 15.7. The van der Waals surface area contributed by atoms with Crippen molar-refractivity contribution in [3.8, 4) is 6.07 Å². The van der Waals surface area contributed by atoms with E-state index >= 15 is 0 Å². The Morgan fingerprint density at radius 3 is 2.82 bits per heavy atom. The van der Waals surface area contributed by atoms with Gasteiger partial charge < -0.3 is 15.1 Å². The van der Waals surface area contributed by atoms with Crippen LogP contribution in [0, 0.1) is 17.2 Å². The molecule has 2 aromatic carbocycles. The van der Waals surface area contributed by atoms with Crippen molar-refractivity contribution < 1.29 is 9.59 Å². The van der Waals surface area contributed by atoms with E-state index in [1.165, 1.54) is 4.88 Å². The van der Waals surface area contributed by atoms with Gasteiger partial charge in [0.2, 0.25) is 0 Å². The number of anilines is 2. The third-order valence-corrected chi connectivity index (χ3v) is 8.21. The zero-order valence-electron chi connectivity index (χ0n) is 21.7. The molecule has 8 nitrogen and oxygen atoms in total. The molecular weight excluding hydrogens is 496 g/mol. The number of aryl methyl sites for hydroxylation is 1. The van der Waals surface area contributed by atoms with E-state index in [0.29, 0.717) is 34.4 Å². The van der Waals surface area contributed by atoms with Crippen molar-refractivity contribution >= 4 is 34.1 Å². The highest BCUT2D eigenvalue weighted by molar-refractivity contribution is 7.15. The Labute approximate surface area is 227 Å². The molecule has 1 aromatic heterocycles. The number of hydrogen-bond donors (Lipinski definition) is 2. The maximum Gasteiger partial charge on any atom is 0.322 e. The van der Waals surface area contributed by atoms with Crippen LogP contribution >= 0.6 is 11.3 Å². The van der Waals surface area contributed by atoms with E-state index in [4.69, 9.17) is 10.2 Å². The van der Waals surface area contributed by atoms with Crippen molar-refractivity contribution in [1.29, 1.82) is 5.26 Å². The second-order valence-electron chi connectivity index (χ2n) is 10.3. The summed E-state index contributed by atoms with van der Waals surface area (Å²) in [6.45, 7) is 1.69. The summed E-state index contributed by atoms with van der Waals surface area (Å²) in [5.74, 6) is 0.435. The quantitative estimate of drug-likeness (QED) is 0.452. The highest BCUT2D eigenvalue weighted by Gasteiger charge is 2.31. The standard InChI is InChI=1S/C29H32N6O2S/c1-34(2)18-20-11-12-24-26(15-20)38-28(32-24)33-27(36)22-8-4-7-21(16-22)25-10-5-13-35(25)29(37)31-23-9-3-6-19(14-23)17-30/h3-4,6-9,14,16,20,25H,5,10-13,15,18H2,1-2H3,(H,31,37)(H,32,33,36)/t20-,25+/m0/s1. The Bertz CT molecular complexity index is 1380. The summed E-state index contributed by atoms with van der Waals surface area (Å²) in [5.41, 5.74) is 3.68. The number of aromatic nitrogens is 1. The first kappa shape index (κ1) is 25.9. The number of nitrogens with zero attached hydrogens (tertiary/aromatic N) is 4. The zero-order valence-corrected chi connectivity index (χ0v) is 22.6. The first-order valence-electron chi connectivity index (χ1n) is 13.0. The number of likely N-dealkylation sites (tertiary alicyclic amines) is 1. The van der Waals surface area contributed by atoms with Gasteiger partial charge in [-0.3, -0.25) is 10.1 Å². The SMILES string of the molecule is CN(C)C[C@H]1CCc2nc(NC(=O)c3cccc([C@H]4CCCN4C(=O)Nc4cccc(C#N)c4)c3)sc2C1. The molecule has 2 atom stereocenters. The topological polar surface area (TPSA) is 101 Å². The number of thiazole rings is 1. The van der Waals surface area contributed by atoms with Crippen molar-refractivity contribution in [1.82, 2.24) is 14.8 Å². The summed E-state index contributed by atoms with van der Waals surface area (Å²) in [6, 6.07) is 16.2. The van der Waals surface area contributed by atoms with Crippen LogP contribution in [0.4, 0.5) is 15.6 Å². The Balaban J connectivity index is 1.26. The number of amides is 3. The lowest BCUT2D eigenvalue weighted by Gasteiger charge is -2.25. The van der Waals surface area contributed by atoms with Crippen LogP contribution in [0.2, 0.25) is 0 Å². The predicted molar refractivity (Wildman–Crippen MR) is 149 cm³/mol. The van der Waals surface area contributed by atoms with Crippen molar-refractivity contribution in [2.75, 3.05) is 37.8 Å². The fraction of sp³-hybridized carbons (Fsp3) is 0.379. The molecule has 3 amide bonds. The molecule has 1 aliphatic heterocycles. The predicted octanol–water partition coefficient (Wildman–Crippen LogP) is 5.30. The maximum atomic E-state index is 13.2. The summed E-state index contributed by atoms with van der Waals surface area (Å²) in [4.78, 5) is 36.2. The van der Waals surface area contributed by atoms with Crippen LogP contribution in [-0.2, 0) is 12.8 Å². The number of urea groups is 1. The molecule has 1 fully saturated rings. The van der Waals surface area contributed by atoms with Crippen LogP contribution in [-0.4, -0.2) is 53.9 Å². The lowest BCUT2D eigenvalue weighted by atomic mass is 9.91. The highest BCUT2D eigenvalue weighted by Crippen LogP contribution is 2.34. The second-order valence-corrected chi connectivity index (χ2v) is 11.4. The van der Waals surface area contributed by atoms with E-state index in [2.05, 4.69) is 35.7 Å². The number of carbonyl (C=O) groups is 2.